The zero-order chi connectivity index (χ0) is 24.3. The zero-order valence-electron chi connectivity index (χ0n) is 19.0. The SMILES string of the molecule is CC(C)(C)OC(=O)N[C@@H](Cc1cc(F)cc(F)c1)c1ncncc1-c1ccc2cccnc2c1. The van der Waals surface area contributed by atoms with Gasteiger partial charge in [-0.15, -0.1) is 0 Å². The van der Waals surface area contributed by atoms with E-state index in [-0.39, 0.29) is 6.42 Å². The molecule has 4 aromatic rings. The number of nitrogens with zero attached hydrogens (tertiary/aromatic N) is 3. The lowest BCUT2D eigenvalue weighted by Gasteiger charge is -2.24. The second-order valence-electron chi connectivity index (χ2n) is 8.91. The molecule has 6 nitrogen and oxygen atoms in total. The fourth-order valence-corrected chi connectivity index (χ4v) is 3.70. The lowest BCUT2D eigenvalue weighted by molar-refractivity contribution is 0.0502. The summed E-state index contributed by atoms with van der Waals surface area (Å²) in [6.07, 6.45) is 4.14. The first kappa shape index (κ1) is 23.2. The third-order valence-corrected chi connectivity index (χ3v) is 5.04. The summed E-state index contributed by atoms with van der Waals surface area (Å²) in [5, 5.41) is 3.79. The van der Waals surface area contributed by atoms with E-state index in [1.165, 1.54) is 18.5 Å². The van der Waals surface area contributed by atoms with Crippen molar-refractivity contribution in [3.05, 3.63) is 90.1 Å². The number of benzene rings is 2. The number of ether oxygens (including phenoxy) is 1. The number of hydrogen-bond donors (Lipinski definition) is 1. The molecule has 0 spiro atoms. The molecule has 2 heterocycles. The Kier molecular flexibility index (Phi) is 6.49. The van der Waals surface area contributed by atoms with Crippen molar-refractivity contribution in [2.75, 3.05) is 0 Å². The number of aromatic nitrogens is 3. The van der Waals surface area contributed by atoms with Crippen LogP contribution in [0.4, 0.5) is 13.6 Å². The summed E-state index contributed by atoms with van der Waals surface area (Å²) in [6, 6.07) is 12.1. The summed E-state index contributed by atoms with van der Waals surface area (Å²) in [6.45, 7) is 5.26. The molecule has 0 aliphatic rings. The van der Waals surface area contributed by atoms with Crippen LogP contribution in [0.25, 0.3) is 22.0 Å². The monoisotopic (exact) mass is 462 g/mol. The summed E-state index contributed by atoms with van der Waals surface area (Å²) in [5.41, 5.74) is 2.37. The number of halogens is 2. The molecule has 0 fully saturated rings. The van der Waals surface area contributed by atoms with Crippen molar-refractivity contribution in [3.8, 4) is 11.1 Å². The van der Waals surface area contributed by atoms with Crippen LogP contribution in [0.3, 0.4) is 0 Å². The minimum absolute atomic E-state index is 0.0871. The normalized spacial score (nSPS) is 12.4. The molecule has 1 N–H and O–H groups in total. The number of carbonyl (C=O) groups excluding carboxylic acids is 1. The fraction of sp³-hybridized carbons (Fsp3) is 0.231. The molecule has 0 aliphatic carbocycles. The van der Waals surface area contributed by atoms with Gasteiger partial charge in [0, 0.05) is 29.4 Å². The van der Waals surface area contributed by atoms with E-state index >= 15 is 0 Å². The molecular formula is C26H24F2N4O2. The number of alkyl carbamates (subject to hydrolysis) is 1. The molecule has 34 heavy (non-hydrogen) atoms. The van der Waals surface area contributed by atoms with E-state index in [0.29, 0.717) is 16.8 Å². The van der Waals surface area contributed by atoms with Gasteiger partial charge in [-0.1, -0.05) is 18.2 Å². The average Bonchev–Trinajstić information content (AvgIpc) is 2.76. The Morgan fingerprint density at radius 2 is 1.82 bits per heavy atom. The molecule has 8 heteroatoms. The number of hydrogen-bond acceptors (Lipinski definition) is 5. The van der Waals surface area contributed by atoms with Gasteiger partial charge >= 0.3 is 6.09 Å². The van der Waals surface area contributed by atoms with Crippen molar-refractivity contribution in [1.29, 1.82) is 0 Å². The van der Waals surface area contributed by atoms with E-state index < -0.39 is 29.4 Å². The molecule has 0 radical (unpaired) electrons. The van der Waals surface area contributed by atoms with Crippen molar-refractivity contribution < 1.29 is 18.3 Å². The van der Waals surface area contributed by atoms with E-state index in [2.05, 4.69) is 20.3 Å². The number of nitrogens with one attached hydrogen (secondary N) is 1. The van der Waals surface area contributed by atoms with Crippen LogP contribution in [0.15, 0.2) is 67.3 Å². The third kappa shape index (κ3) is 5.70. The second-order valence-corrected chi connectivity index (χ2v) is 8.91. The first-order chi connectivity index (χ1) is 16.2. The Morgan fingerprint density at radius 1 is 1.06 bits per heavy atom. The molecular weight excluding hydrogens is 438 g/mol. The van der Waals surface area contributed by atoms with Gasteiger partial charge in [-0.05, 0) is 62.6 Å². The van der Waals surface area contributed by atoms with Crippen LogP contribution in [0, 0.1) is 11.6 Å². The van der Waals surface area contributed by atoms with Crippen LogP contribution in [0.5, 0.6) is 0 Å². The van der Waals surface area contributed by atoms with Crippen molar-refractivity contribution in [2.45, 2.75) is 38.8 Å². The third-order valence-electron chi connectivity index (χ3n) is 5.04. The van der Waals surface area contributed by atoms with Crippen LogP contribution in [0.2, 0.25) is 0 Å². The maximum atomic E-state index is 13.9. The van der Waals surface area contributed by atoms with Crippen LogP contribution in [-0.4, -0.2) is 26.6 Å². The lowest BCUT2D eigenvalue weighted by Crippen LogP contribution is -2.36. The molecule has 2 aromatic heterocycles. The highest BCUT2D eigenvalue weighted by atomic mass is 19.1. The van der Waals surface area contributed by atoms with Crippen molar-refractivity contribution >= 4 is 17.0 Å². The minimum atomic E-state index is -0.742. The molecule has 0 saturated carbocycles. The van der Waals surface area contributed by atoms with E-state index in [4.69, 9.17) is 4.74 Å². The van der Waals surface area contributed by atoms with Crippen molar-refractivity contribution in [2.24, 2.45) is 0 Å². The summed E-state index contributed by atoms with van der Waals surface area (Å²) in [4.78, 5) is 25.7. The molecule has 0 bridgehead atoms. The van der Waals surface area contributed by atoms with Crippen LogP contribution < -0.4 is 5.32 Å². The zero-order valence-corrected chi connectivity index (χ0v) is 19.0. The molecule has 4 rings (SSSR count). The van der Waals surface area contributed by atoms with Crippen LogP contribution >= 0.6 is 0 Å². The van der Waals surface area contributed by atoms with Crippen molar-refractivity contribution in [3.63, 3.8) is 0 Å². The predicted octanol–water partition coefficient (Wildman–Crippen LogP) is 5.78. The van der Waals surface area contributed by atoms with Gasteiger partial charge in [0.05, 0.1) is 17.3 Å². The minimum Gasteiger partial charge on any atom is -0.444 e. The summed E-state index contributed by atoms with van der Waals surface area (Å²) in [7, 11) is 0. The van der Waals surface area contributed by atoms with Gasteiger partial charge in [0.25, 0.3) is 0 Å². The molecule has 0 unspecified atom stereocenters. The molecule has 174 valence electrons. The number of amides is 1. The Bertz CT molecular complexity index is 1320. The maximum Gasteiger partial charge on any atom is 0.408 e. The Labute approximate surface area is 196 Å². The van der Waals surface area contributed by atoms with Gasteiger partial charge in [-0.3, -0.25) is 4.98 Å². The van der Waals surface area contributed by atoms with E-state index in [1.54, 1.807) is 33.2 Å². The maximum absolute atomic E-state index is 13.9. The molecule has 1 amide bonds. The highest BCUT2D eigenvalue weighted by Gasteiger charge is 2.25. The summed E-state index contributed by atoms with van der Waals surface area (Å²) >= 11 is 0. The average molecular weight is 463 g/mol. The highest BCUT2D eigenvalue weighted by Crippen LogP contribution is 2.30. The van der Waals surface area contributed by atoms with Crippen LogP contribution in [0.1, 0.15) is 38.1 Å². The second kappa shape index (κ2) is 9.51. The first-order valence-electron chi connectivity index (χ1n) is 10.8. The molecule has 0 aliphatic heterocycles. The quantitative estimate of drug-likeness (QED) is 0.407. The Balaban J connectivity index is 1.76. The highest BCUT2D eigenvalue weighted by molar-refractivity contribution is 5.84. The van der Waals surface area contributed by atoms with E-state index in [1.807, 2.05) is 30.3 Å². The van der Waals surface area contributed by atoms with Crippen molar-refractivity contribution in [1.82, 2.24) is 20.3 Å². The Morgan fingerprint density at radius 3 is 2.56 bits per heavy atom. The molecule has 1 atom stereocenters. The number of carbonyl (C=O) groups is 1. The van der Waals surface area contributed by atoms with Gasteiger partial charge < -0.3 is 10.1 Å². The van der Waals surface area contributed by atoms with E-state index in [0.717, 1.165) is 22.5 Å². The van der Waals surface area contributed by atoms with Gasteiger partial charge in [-0.25, -0.2) is 23.5 Å². The molecule has 0 saturated heterocycles. The fourth-order valence-electron chi connectivity index (χ4n) is 3.70. The number of fused-ring (bicyclic) bond motifs is 1. The topological polar surface area (TPSA) is 77.0 Å². The van der Waals surface area contributed by atoms with Gasteiger partial charge in [0.1, 0.15) is 23.6 Å². The largest absolute Gasteiger partial charge is 0.444 e. The first-order valence-corrected chi connectivity index (χ1v) is 10.8. The van der Waals surface area contributed by atoms with Gasteiger partial charge in [0.2, 0.25) is 0 Å². The number of pyridine rings is 1. The van der Waals surface area contributed by atoms with Gasteiger partial charge in [-0.2, -0.15) is 0 Å². The smallest absolute Gasteiger partial charge is 0.408 e. The Hall–Kier alpha value is -3.94. The summed E-state index contributed by atoms with van der Waals surface area (Å²) in [5.74, 6) is -1.40. The van der Waals surface area contributed by atoms with E-state index in [9.17, 15) is 13.6 Å². The number of rotatable bonds is 5. The van der Waals surface area contributed by atoms with Crippen LogP contribution in [-0.2, 0) is 11.2 Å². The standard InChI is InChI=1S/C26H24F2N4O2/c1-26(2,3)34-25(33)32-23(11-16-9-19(27)13-20(28)10-16)24-21(14-29-15-31-24)18-7-6-17-5-4-8-30-22(17)12-18/h4-10,12-15,23H,11H2,1-3H3,(H,32,33)/t23-/m0/s1. The van der Waals surface area contributed by atoms with Gasteiger partial charge in [0.15, 0.2) is 0 Å². The summed E-state index contributed by atoms with van der Waals surface area (Å²) < 4.78 is 33.2. The predicted molar refractivity (Wildman–Crippen MR) is 125 cm³/mol. The lowest BCUT2D eigenvalue weighted by atomic mass is 9.96. The molecule has 2 aromatic carbocycles.